The van der Waals surface area contributed by atoms with Gasteiger partial charge in [0.2, 0.25) is 0 Å². The summed E-state index contributed by atoms with van der Waals surface area (Å²) < 4.78 is 37.8. The van der Waals surface area contributed by atoms with Gasteiger partial charge in [-0.1, -0.05) is 65.3 Å². The highest BCUT2D eigenvalue weighted by atomic mass is 79.9. The number of aryl methyl sites for hydroxylation is 1. The molecule has 0 fully saturated rings. The number of aliphatic hydroxyl groups excluding tert-OH is 4. The van der Waals surface area contributed by atoms with Crippen LogP contribution in [0.3, 0.4) is 0 Å². The van der Waals surface area contributed by atoms with Crippen LogP contribution in [0.5, 0.6) is 0 Å². The molecule has 42 heteroatoms. The standard InChI is InChI=1S/C17H17FN4O5.C16H19BrN4O5.C15H16BrClN4O5.C15H16BrFN4O5/c1-4-10-5-6-12(11(18)9-10)19-14-13(15(24)20-27-8-7-23)16(25)22(3)17(26)21(14)2;1-9-8-10(17)4-5-11(9)18-13-12(14(23)19-26-7-6-22)15(24)21(3)16(25)20(13)2;2*1-20-12(18-10-4-3-8(16)7-9(10)17)11(13(23)19-26-6-5-22)14(24)21(2)15(20)25/h1,5-6,9,19,23H,7-8H2,2-3H3,(H,20,24);4-5,8,18,22H,6-7H2,1-3H3,(H,19,23);2*3-4,7,18,22H,5-6H2,1-2H3,(H,19,23). The van der Waals surface area contributed by atoms with Crippen molar-refractivity contribution in [1.29, 1.82) is 0 Å². The van der Waals surface area contributed by atoms with Crippen LogP contribution in [-0.4, -0.2) is 133 Å². The van der Waals surface area contributed by atoms with Crippen molar-refractivity contribution in [3.05, 3.63) is 220 Å². The Morgan fingerprint density at radius 1 is 0.419 bits per heavy atom. The summed E-state index contributed by atoms with van der Waals surface area (Å²) in [4.78, 5) is 167. The molecule has 562 valence electrons. The Balaban J connectivity index is 0.000000251. The first kappa shape index (κ1) is 85.2. The number of carbonyl (C=O) groups is 4. The predicted octanol–water partition coefficient (Wildman–Crippen LogP) is 1.43. The molecule has 0 aliphatic heterocycles. The highest BCUT2D eigenvalue weighted by Gasteiger charge is 2.28. The van der Waals surface area contributed by atoms with Gasteiger partial charge < -0.3 is 41.7 Å². The SMILES string of the molecule is C#Cc1ccc(Nc2c(C(=O)NOCCO)c(=O)n(C)c(=O)n2C)c(F)c1.Cc1cc(Br)ccc1Nc1c(C(=O)NOCCO)c(=O)n(C)c(=O)n1C.Cn1c(Nc2ccc(Br)cc2Cl)c(C(=O)NOCCO)c(=O)n(C)c1=O.Cn1c(Nc2ccc(Br)cc2F)c(C(=O)NOCCO)c(=O)n(C)c1=O. The fourth-order valence-electron chi connectivity index (χ4n) is 8.80. The van der Waals surface area contributed by atoms with Gasteiger partial charge in [0, 0.05) is 81.1 Å². The molecule has 0 radical (unpaired) electrons. The van der Waals surface area contributed by atoms with Gasteiger partial charge in [-0.25, -0.2) is 49.9 Å². The molecule has 4 amide bonds. The van der Waals surface area contributed by atoms with Gasteiger partial charge >= 0.3 is 22.8 Å². The minimum Gasteiger partial charge on any atom is -0.394 e. The van der Waals surface area contributed by atoms with Crippen LogP contribution in [0.15, 0.2) is 125 Å². The van der Waals surface area contributed by atoms with Crippen molar-refractivity contribution < 1.29 is 67.7 Å². The zero-order valence-corrected chi connectivity index (χ0v) is 62.3. The van der Waals surface area contributed by atoms with Gasteiger partial charge in [-0.3, -0.25) is 94.2 Å². The van der Waals surface area contributed by atoms with Gasteiger partial charge in [0.1, 0.15) is 57.2 Å². The Hall–Kier alpha value is -10.5. The van der Waals surface area contributed by atoms with Crippen molar-refractivity contribution >= 4 is 129 Å². The fraction of sp³-hybridized carbons (Fsp3) is 0.270. The molecule has 0 atom stereocenters. The summed E-state index contributed by atoms with van der Waals surface area (Å²) in [6, 6.07) is 18.3. The van der Waals surface area contributed by atoms with Gasteiger partial charge in [0.05, 0.1) is 74.9 Å². The lowest BCUT2D eigenvalue weighted by molar-refractivity contribution is 0.0164. The maximum absolute atomic E-state index is 14.2. The minimum atomic E-state index is -0.970. The number of terminal acetylenes is 1. The van der Waals surface area contributed by atoms with Crippen LogP contribution in [0.25, 0.3) is 0 Å². The highest BCUT2D eigenvalue weighted by molar-refractivity contribution is 9.11. The Kier molecular flexibility index (Phi) is 32.0. The molecule has 8 rings (SSSR count). The average molecular weight is 1680 g/mol. The predicted molar refractivity (Wildman–Crippen MR) is 389 cm³/mol. The second kappa shape index (κ2) is 39.4. The molecule has 0 saturated heterocycles. The molecular formula is C63H68Br3ClF2N16O20. The molecule has 4 aromatic heterocycles. The van der Waals surface area contributed by atoms with E-state index in [4.69, 9.17) is 57.8 Å². The van der Waals surface area contributed by atoms with Gasteiger partial charge in [0.15, 0.2) is 0 Å². The van der Waals surface area contributed by atoms with E-state index in [-0.39, 0.29) is 98.6 Å². The van der Waals surface area contributed by atoms with Crippen LogP contribution in [0.2, 0.25) is 5.02 Å². The van der Waals surface area contributed by atoms with Crippen molar-refractivity contribution in [2.75, 3.05) is 74.1 Å². The maximum Gasteiger partial charge on any atom is 0.332 e. The minimum absolute atomic E-state index is 0.0358. The van der Waals surface area contributed by atoms with Crippen molar-refractivity contribution in [2.24, 2.45) is 56.4 Å². The summed E-state index contributed by atoms with van der Waals surface area (Å²) in [7, 11) is 10.4. The molecule has 36 nitrogen and oxygen atoms in total. The number of aromatic nitrogens is 8. The molecule has 0 saturated carbocycles. The molecule has 4 aromatic carbocycles. The van der Waals surface area contributed by atoms with Crippen molar-refractivity contribution in [1.82, 2.24) is 58.5 Å². The molecule has 4 heterocycles. The number of nitrogens with zero attached hydrogens (tertiary/aromatic N) is 8. The average Bonchev–Trinajstić information content (AvgIpc) is 0.795. The molecule has 0 bridgehead atoms. The maximum atomic E-state index is 14.2. The third-order valence-electron chi connectivity index (χ3n) is 14.2. The van der Waals surface area contributed by atoms with Crippen molar-refractivity contribution in [2.45, 2.75) is 6.92 Å². The molecule has 0 spiro atoms. The normalized spacial score (nSPS) is 10.6. The summed E-state index contributed by atoms with van der Waals surface area (Å²) in [5.74, 6) is -3.18. The van der Waals surface area contributed by atoms with E-state index in [1.54, 1.807) is 36.4 Å². The Labute approximate surface area is 621 Å². The molecule has 0 unspecified atom stereocenters. The summed E-state index contributed by atoms with van der Waals surface area (Å²) in [6.07, 6.45) is 5.21. The molecule has 12 N–H and O–H groups in total. The number of hydrogen-bond acceptors (Lipinski definition) is 24. The summed E-state index contributed by atoms with van der Waals surface area (Å²) >= 11 is 15.9. The lowest BCUT2D eigenvalue weighted by atomic mass is 10.2. The lowest BCUT2D eigenvalue weighted by Crippen LogP contribution is -2.43. The number of hydrogen-bond donors (Lipinski definition) is 12. The summed E-state index contributed by atoms with van der Waals surface area (Å²) in [6.45, 7) is -0.156. The lowest BCUT2D eigenvalue weighted by Gasteiger charge is -2.17. The molecular weight excluding hydrogens is 1610 g/mol. The van der Waals surface area contributed by atoms with Gasteiger partial charge in [-0.2, -0.15) is 0 Å². The van der Waals surface area contributed by atoms with E-state index < -0.39 is 91.4 Å². The number of hydroxylamine groups is 4. The second-order valence-corrected chi connectivity index (χ2v) is 24.4. The number of carbonyl (C=O) groups excluding carboxylic acids is 4. The van der Waals surface area contributed by atoms with Gasteiger partial charge in [-0.05, 0) is 85.3 Å². The third kappa shape index (κ3) is 21.4. The van der Waals surface area contributed by atoms with E-state index in [1.807, 2.05) is 24.0 Å². The highest BCUT2D eigenvalue weighted by Crippen LogP contribution is 2.30. The van der Waals surface area contributed by atoms with E-state index in [9.17, 15) is 66.3 Å². The number of halogens is 6. The zero-order chi connectivity index (χ0) is 78.4. The molecule has 105 heavy (non-hydrogen) atoms. The van der Waals surface area contributed by atoms with E-state index in [0.29, 0.717) is 26.4 Å². The van der Waals surface area contributed by atoms with Crippen LogP contribution in [0.4, 0.5) is 54.8 Å². The van der Waals surface area contributed by atoms with Gasteiger partial charge in [0.25, 0.3) is 45.9 Å². The first-order chi connectivity index (χ1) is 49.6. The van der Waals surface area contributed by atoms with Crippen molar-refractivity contribution in [3.8, 4) is 12.3 Å². The topological polar surface area (TPSA) is 458 Å². The number of aliphatic hydroxyl groups is 4. The largest absolute Gasteiger partial charge is 0.394 e. The smallest absolute Gasteiger partial charge is 0.332 e. The Morgan fingerprint density at radius 2 is 0.686 bits per heavy atom. The zero-order valence-electron chi connectivity index (χ0n) is 56.8. The van der Waals surface area contributed by atoms with Crippen LogP contribution >= 0.6 is 59.4 Å². The molecule has 8 aromatic rings. The molecule has 0 aliphatic rings. The number of anilines is 8. The van der Waals surface area contributed by atoms with Crippen LogP contribution in [-0.2, 0) is 75.7 Å². The Morgan fingerprint density at radius 3 is 0.971 bits per heavy atom. The number of rotatable bonds is 24. The van der Waals surface area contributed by atoms with E-state index in [2.05, 4.69) is 85.9 Å². The quantitative estimate of drug-likeness (QED) is 0.0231. The number of amides is 4. The fourth-order valence-corrected chi connectivity index (χ4v) is 10.3. The van der Waals surface area contributed by atoms with E-state index in [0.717, 1.165) is 52.5 Å². The van der Waals surface area contributed by atoms with E-state index >= 15 is 0 Å². The second-order valence-electron chi connectivity index (χ2n) is 21.3. The number of benzene rings is 4. The first-order valence-corrected chi connectivity index (χ1v) is 32.7. The Bertz CT molecular complexity index is 4800. The summed E-state index contributed by atoms with van der Waals surface area (Å²) in [5.41, 5.74) is 2.58. The van der Waals surface area contributed by atoms with Gasteiger partial charge in [-0.15, -0.1) is 6.42 Å². The van der Waals surface area contributed by atoms with Crippen molar-refractivity contribution in [3.63, 3.8) is 0 Å². The van der Waals surface area contributed by atoms with Crippen LogP contribution in [0, 0.1) is 30.9 Å². The first-order valence-electron chi connectivity index (χ1n) is 30.0. The molecule has 0 aliphatic carbocycles. The summed E-state index contributed by atoms with van der Waals surface area (Å²) in [5, 5.41) is 46.1. The van der Waals surface area contributed by atoms with Crippen LogP contribution in [0.1, 0.15) is 52.6 Å². The van der Waals surface area contributed by atoms with Crippen LogP contribution < -0.4 is 88.2 Å². The number of nitrogens with one attached hydrogen (secondary N) is 8. The monoisotopic (exact) mass is 1680 g/mol. The van der Waals surface area contributed by atoms with E-state index in [1.165, 1.54) is 85.2 Å². The third-order valence-corrected chi connectivity index (χ3v) is 16.0.